The maximum Gasteiger partial charge on any atom is 0.268 e. The van der Waals surface area contributed by atoms with Crippen LogP contribution in [0.15, 0.2) is 79.4 Å². The molecule has 0 unspecified atom stereocenters. The van der Waals surface area contributed by atoms with Crippen LogP contribution >= 0.6 is 0 Å². The molecule has 27 heavy (non-hydrogen) atoms. The third kappa shape index (κ3) is 4.29. The van der Waals surface area contributed by atoms with E-state index in [4.69, 9.17) is 4.74 Å². The van der Waals surface area contributed by atoms with Crippen molar-refractivity contribution in [3.8, 4) is 5.75 Å². The fraction of sp³-hybridized carbons (Fsp3) is 0.174. The molecule has 0 fully saturated rings. The summed E-state index contributed by atoms with van der Waals surface area (Å²) in [4.78, 5) is 12.9. The first-order chi connectivity index (χ1) is 13.2. The lowest BCUT2D eigenvalue weighted by atomic mass is 10.2. The number of nitrogens with zero attached hydrogens (tertiary/aromatic N) is 1. The Morgan fingerprint density at radius 2 is 2.00 bits per heavy atom. The van der Waals surface area contributed by atoms with Gasteiger partial charge in [0.05, 0.1) is 5.52 Å². The number of hydrogen-bond acceptors (Lipinski definition) is 2. The molecule has 1 amide bonds. The smallest absolute Gasteiger partial charge is 0.268 e. The summed E-state index contributed by atoms with van der Waals surface area (Å²) in [7, 11) is 0. The second-order valence-corrected chi connectivity index (χ2v) is 6.17. The number of hydrogen-bond donors (Lipinski definition) is 1. The Bertz CT molecular complexity index is 955. The number of carbonyl (C=O) groups excluding carboxylic acids is 1. The second kappa shape index (κ2) is 8.90. The largest absolute Gasteiger partial charge is 0.489 e. The number of rotatable bonds is 8. The highest BCUT2D eigenvalue weighted by Crippen LogP contribution is 2.29. The summed E-state index contributed by atoms with van der Waals surface area (Å²) in [6, 6.07) is 17.7. The summed E-state index contributed by atoms with van der Waals surface area (Å²) < 4.78 is 7.78. The zero-order valence-electron chi connectivity index (χ0n) is 15.5. The van der Waals surface area contributed by atoms with E-state index in [0.29, 0.717) is 25.4 Å². The predicted octanol–water partition coefficient (Wildman–Crippen LogP) is 4.71. The molecule has 0 aliphatic rings. The Balaban J connectivity index is 1.94. The Labute approximate surface area is 159 Å². The molecular weight excluding hydrogens is 336 g/mol. The SMILES string of the molecule is C=CCOc1cccc2c1cc(C(=O)NCc1ccccc1)n2C/C=C\C. The molecule has 0 aliphatic carbocycles. The van der Waals surface area contributed by atoms with Crippen molar-refractivity contribution in [2.75, 3.05) is 6.61 Å². The Morgan fingerprint density at radius 1 is 1.19 bits per heavy atom. The Kier molecular flexibility index (Phi) is 6.10. The van der Waals surface area contributed by atoms with Gasteiger partial charge < -0.3 is 14.6 Å². The van der Waals surface area contributed by atoms with Gasteiger partial charge in [0.1, 0.15) is 18.1 Å². The minimum atomic E-state index is -0.103. The third-order valence-corrected chi connectivity index (χ3v) is 4.31. The number of fused-ring (bicyclic) bond motifs is 1. The van der Waals surface area contributed by atoms with Crippen LogP contribution in [0.1, 0.15) is 23.0 Å². The molecule has 0 spiro atoms. The van der Waals surface area contributed by atoms with Gasteiger partial charge in [-0.05, 0) is 30.7 Å². The zero-order valence-corrected chi connectivity index (χ0v) is 15.5. The van der Waals surface area contributed by atoms with Gasteiger partial charge >= 0.3 is 0 Å². The summed E-state index contributed by atoms with van der Waals surface area (Å²) in [6.45, 7) is 7.21. The van der Waals surface area contributed by atoms with E-state index in [9.17, 15) is 4.79 Å². The van der Waals surface area contributed by atoms with Gasteiger partial charge in [0, 0.05) is 18.5 Å². The number of benzene rings is 2. The summed E-state index contributed by atoms with van der Waals surface area (Å²) in [5.74, 6) is 0.651. The van der Waals surface area contributed by atoms with Crippen molar-refractivity contribution in [1.29, 1.82) is 0 Å². The van der Waals surface area contributed by atoms with Crippen LogP contribution in [0, 0.1) is 0 Å². The first-order valence-electron chi connectivity index (χ1n) is 9.03. The summed E-state index contributed by atoms with van der Waals surface area (Å²) in [5, 5.41) is 3.94. The second-order valence-electron chi connectivity index (χ2n) is 6.17. The molecule has 0 radical (unpaired) electrons. The summed E-state index contributed by atoms with van der Waals surface area (Å²) in [5.41, 5.74) is 2.66. The minimum absolute atomic E-state index is 0.103. The monoisotopic (exact) mass is 360 g/mol. The molecular formula is C23H24N2O2. The molecule has 4 heteroatoms. The summed E-state index contributed by atoms with van der Waals surface area (Å²) in [6.07, 6.45) is 5.73. The number of carbonyl (C=O) groups is 1. The molecule has 2 aromatic carbocycles. The van der Waals surface area contributed by atoms with E-state index < -0.39 is 0 Å². The fourth-order valence-corrected chi connectivity index (χ4v) is 3.00. The lowest BCUT2D eigenvalue weighted by molar-refractivity contribution is 0.0942. The summed E-state index contributed by atoms with van der Waals surface area (Å²) >= 11 is 0. The highest BCUT2D eigenvalue weighted by Gasteiger charge is 2.17. The lowest BCUT2D eigenvalue weighted by Gasteiger charge is -2.10. The molecule has 0 bridgehead atoms. The molecule has 138 valence electrons. The highest BCUT2D eigenvalue weighted by molar-refractivity contribution is 6.00. The average molecular weight is 360 g/mol. The van der Waals surface area contributed by atoms with Crippen molar-refractivity contribution in [3.63, 3.8) is 0 Å². The third-order valence-electron chi connectivity index (χ3n) is 4.31. The van der Waals surface area contributed by atoms with E-state index in [0.717, 1.165) is 22.2 Å². The Hall–Kier alpha value is -3.27. The van der Waals surface area contributed by atoms with Gasteiger partial charge in [-0.15, -0.1) is 0 Å². The molecule has 1 N–H and O–H groups in total. The topological polar surface area (TPSA) is 43.3 Å². The van der Waals surface area contributed by atoms with E-state index in [1.165, 1.54) is 0 Å². The minimum Gasteiger partial charge on any atom is -0.489 e. The van der Waals surface area contributed by atoms with Gasteiger partial charge in [-0.3, -0.25) is 4.79 Å². The Morgan fingerprint density at radius 3 is 2.74 bits per heavy atom. The molecule has 3 rings (SSSR count). The molecule has 1 heterocycles. The van der Waals surface area contributed by atoms with E-state index >= 15 is 0 Å². The van der Waals surface area contributed by atoms with E-state index in [1.54, 1.807) is 6.08 Å². The van der Waals surface area contributed by atoms with Crippen molar-refractivity contribution in [2.45, 2.75) is 20.0 Å². The standard InChI is InChI=1S/C23H24N2O2/c1-3-5-14-25-20-12-9-13-22(27-15-4-2)19(20)16-21(25)23(26)24-17-18-10-7-6-8-11-18/h3-13,16H,2,14-15,17H2,1H3,(H,24,26)/b5-3-. The van der Waals surface area contributed by atoms with E-state index in [2.05, 4.69) is 11.9 Å². The number of allylic oxidation sites excluding steroid dienone is 2. The quantitative estimate of drug-likeness (QED) is 0.591. The van der Waals surface area contributed by atoms with Crippen molar-refractivity contribution in [2.24, 2.45) is 0 Å². The van der Waals surface area contributed by atoms with Crippen molar-refractivity contribution in [3.05, 3.63) is 90.7 Å². The molecule has 3 aromatic rings. The van der Waals surface area contributed by atoms with Crippen LogP contribution in [0.25, 0.3) is 10.9 Å². The normalized spacial score (nSPS) is 11.0. The van der Waals surface area contributed by atoms with Crippen LogP contribution in [0.2, 0.25) is 0 Å². The molecule has 0 saturated carbocycles. The number of ether oxygens (including phenoxy) is 1. The molecule has 1 aromatic heterocycles. The van der Waals surface area contributed by atoms with Crippen LogP contribution in [0.4, 0.5) is 0 Å². The van der Waals surface area contributed by atoms with Crippen LogP contribution < -0.4 is 10.1 Å². The van der Waals surface area contributed by atoms with Crippen molar-refractivity contribution in [1.82, 2.24) is 9.88 Å². The zero-order chi connectivity index (χ0) is 19.1. The first-order valence-corrected chi connectivity index (χ1v) is 9.03. The molecule has 4 nitrogen and oxygen atoms in total. The molecule has 0 aliphatic heterocycles. The van der Waals surface area contributed by atoms with Gasteiger partial charge in [0.2, 0.25) is 0 Å². The van der Waals surface area contributed by atoms with E-state index in [1.807, 2.05) is 78.2 Å². The van der Waals surface area contributed by atoms with Gasteiger partial charge in [-0.1, -0.05) is 61.2 Å². The van der Waals surface area contributed by atoms with Crippen LogP contribution in [0.3, 0.4) is 0 Å². The maximum atomic E-state index is 12.9. The lowest BCUT2D eigenvalue weighted by Crippen LogP contribution is -2.25. The van der Waals surface area contributed by atoms with Gasteiger partial charge in [0.15, 0.2) is 0 Å². The molecule has 0 saturated heterocycles. The van der Waals surface area contributed by atoms with Crippen molar-refractivity contribution >= 4 is 16.8 Å². The average Bonchev–Trinajstić information content (AvgIpc) is 3.09. The van der Waals surface area contributed by atoms with Gasteiger partial charge in [-0.25, -0.2) is 0 Å². The number of amides is 1. The maximum absolute atomic E-state index is 12.9. The highest BCUT2D eigenvalue weighted by atomic mass is 16.5. The van der Waals surface area contributed by atoms with Crippen molar-refractivity contribution < 1.29 is 9.53 Å². The molecule has 0 atom stereocenters. The fourth-order valence-electron chi connectivity index (χ4n) is 3.00. The first kappa shape index (κ1) is 18.5. The van der Waals surface area contributed by atoms with Gasteiger partial charge in [0.25, 0.3) is 5.91 Å². The van der Waals surface area contributed by atoms with Crippen LogP contribution in [-0.4, -0.2) is 17.1 Å². The number of aromatic nitrogens is 1. The predicted molar refractivity (Wildman–Crippen MR) is 110 cm³/mol. The van der Waals surface area contributed by atoms with Crippen LogP contribution in [0.5, 0.6) is 5.75 Å². The number of nitrogens with one attached hydrogen (secondary N) is 1. The van der Waals surface area contributed by atoms with E-state index in [-0.39, 0.29) is 5.91 Å². The van der Waals surface area contributed by atoms with Gasteiger partial charge in [-0.2, -0.15) is 0 Å². The van der Waals surface area contributed by atoms with Crippen LogP contribution in [-0.2, 0) is 13.1 Å².